The molecule has 0 aliphatic carbocycles. The predicted molar refractivity (Wildman–Crippen MR) is 83.0 cm³/mol. The van der Waals surface area contributed by atoms with Gasteiger partial charge in [0, 0.05) is 30.9 Å². The summed E-state index contributed by atoms with van der Waals surface area (Å²) in [5.74, 6) is 0.0104. The van der Waals surface area contributed by atoms with E-state index in [-0.39, 0.29) is 11.7 Å². The number of likely N-dealkylation sites (N-methyl/N-ethyl adjacent to an activating group) is 1. The Kier molecular flexibility index (Phi) is 5.95. The zero-order valence-electron chi connectivity index (χ0n) is 12.8. The molecule has 0 spiro atoms. The normalized spacial score (nSPS) is 11.2. The van der Waals surface area contributed by atoms with Crippen molar-refractivity contribution < 1.29 is 4.39 Å². The van der Waals surface area contributed by atoms with E-state index in [0.29, 0.717) is 11.5 Å². The van der Waals surface area contributed by atoms with Crippen molar-refractivity contribution in [2.75, 3.05) is 38.6 Å². The number of rotatable bonds is 7. The first-order chi connectivity index (χ1) is 9.31. The summed E-state index contributed by atoms with van der Waals surface area (Å²) in [5.41, 5.74) is 6.88. The lowest BCUT2D eigenvalue weighted by Crippen LogP contribution is -2.35. The van der Waals surface area contributed by atoms with Crippen LogP contribution in [0.3, 0.4) is 0 Å². The average Bonchev–Trinajstić information content (AvgIpc) is 2.33. The van der Waals surface area contributed by atoms with E-state index in [1.807, 2.05) is 14.1 Å². The maximum atomic E-state index is 13.4. The van der Waals surface area contributed by atoms with E-state index < -0.39 is 0 Å². The highest BCUT2D eigenvalue weighted by molar-refractivity contribution is 6.00. The minimum absolute atomic E-state index is 0.0990. The highest BCUT2D eigenvalue weighted by Gasteiger charge is 2.15. The molecule has 0 radical (unpaired) electrons. The molecular weight excluding hydrogens is 255 g/mol. The van der Waals surface area contributed by atoms with E-state index in [1.165, 1.54) is 12.1 Å². The van der Waals surface area contributed by atoms with Crippen LogP contribution in [0.2, 0.25) is 0 Å². The van der Waals surface area contributed by atoms with Crippen LogP contribution in [-0.2, 0) is 0 Å². The van der Waals surface area contributed by atoms with Crippen LogP contribution in [-0.4, -0.2) is 44.5 Å². The Morgan fingerprint density at radius 2 is 1.95 bits per heavy atom. The van der Waals surface area contributed by atoms with Gasteiger partial charge >= 0.3 is 0 Å². The third-order valence-electron chi connectivity index (χ3n) is 2.99. The van der Waals surface area contributed by atoms with Crippen LogP contribution in [0.25, 0.3) is 0 Å². The maximum absolute atomic E-state index is 13.4. The molecule has 0 heterocycles. The third-order valence-corrected chi connectivity index (χ3v) is 2.99. The number of nitrogen functional groups attached to an aromatic ring is 1. The summed E-state index contributed by atoms with van der Waals surface area (Å²) < 4.78 is 13.4. The van der Waals surface area contributed by atoms with Gasteiger partial charge in [-0.25, -0.2) is 4.39 Å². The highest BCUT2D eigenvalue weighted by atomic mass is 19.1. The highest BCUT2D eigenvalue weighted by Crippen LogP contribution is 2.22. The first-order valence-electron chi connectivity index (χ1n) is 6.85. The van der Waals surface area contributed by atoms with Gasteiger partial charge in [0.2, 0.25) is 0 Å². The Morgan fingerprint density at radius 3 is 2.45 bits per heavy atom. The topological polar surface area (TPSA) is 56.4 Å². The van der Waals surface area contributed by atoms with E-state index in [2.05, 4.69) is 23.6 Å². The average molecular weight is 280 g/mol. The van der Waals surface area contributed by atoms with Crippen LogP contribution in [0.15, 0.2) is 18.2 Å². The fourth-order valence-corrected chi connectivity index (χ4v) is 2.07. The van der Waals surface area contributed by atoms with E-state index in [0.717, 1.165) is 25.3 Å². The Hall–Kier alpha value is -1.62. The van der Waals surface area contributed by atoms with Crippen LogP contribution in [0.1, 0.15) is 19.4 Å². The molecule has 0 fully saturated rings. The molecule has 1 aromatic rings. The number of nitrogens with two attached hydrogens (primary N) is 1. The number of amidine groups is 1. The van der Waals surface area contributed by atoms with Crippen LogP contribution >= 0.6 is 0 Å². The summed E-state index contributed by atoms with van der Waals surface area (Å²) in [6, 6.07) is 4.47. The van der Waals surface area contributed by atoms with Crippen molar-refractivity contribution in [3.63, 3.8) is 0 Å². The summed E-state index contributed by atoms with van der Waals surface area (Å²) in [4.78, 5) is 4.27. The van der Waals surface area contributed by atoms with Crippen LogP contribution in [0.4, 0.5) is 10.1 Å². The molecule has 4 nitrogen and oxygen atoms in total. The number of hydrogen-bond acceptors (Lipinski definition) is 3. The van der Waals surface area contributed by atoms with Crippen molar-refractivity contribution in [2.45, 2.75) is 13.8 Å². The van der Waals surface area contributed by atoms with Gasteiger partial charge in [0.1, 0.15) is 11.7 Å². The maximum Gasteiger partial charge on any atom is 0.125 e. The summed E-state index contributed by atoms with van der Waals surface area (Å²) >= 11 is 0. The number of nitrogens with one attached hydrogen (secondary N) is 1. The zero-order valence-corrected chi connectivity index (χ0v) is 12.8. The van der Waals surface area contributed by atoms with Crippen molar-refractivity contribution in [1.82, 2.24) is 4.90 Å². The Labute approximate surface area is 120 Å². The molecule has 0 unspecified atom stereocenters. The van der Waals surface area contributed by atoms with E-state index in [1.54, 1.807) is 6.07 Å². The van der Waals surface area contributed by atoms with Crippen molar-refractivity contribution in [3.05, 3.63) is 29.6 Å². The summed E-state index contributed by atoms with van der Waals surface area (Å²) in [5, 5.41) is 7.64. The molecule has 0 aliphatic heterocycles. The van der Waals surface area contributed by atoms with Gasteiger partial charge in [0.15, 0.2) is 0 Å². The molecule has 0 atom stereocenters. The standard InChI is InChI=1S/C15H25FN4/c1-11(2)10-20(8-7-19(3)4)14-6-5-12(16)9-13(14)15(17)18/h5-6,9,11H,7-8,10H2,1-4H3,(H3,17,18). The minimum Gasteiger partial charge on any atom is -0.384 e. The SMILES string of the molecule is CC(C)CN(CCN(C)C)c1ccc(F)cc1C(=N)N. The van der Waals surface area contributed by atoms with Crippen molar-refractivity contribution >= 4 is 11.5 Å². The van der Waals surface area contributed by atoms with Gasteiger partial charge in [-0.1, -0.05) is 13.8 Å². The zero-order chi connectivity index (χ0) is 15.3. The molecule has 0 amide bonds. The van der Waals surface area contributed by atoms with Crippen molar-refractivity contribution in [1.29, 1.82) is 5.41 Å². The number of anilines is 1. The number of halogens is 1. The number of nitrogens with zero attached hydrogens (tertiary/aromatic N) is 2. The fraction of sp³-hybridized carbons (Fsp3) is 0.533. The molecule has 3 N–H and O–H groups in total. The Morgan fingerprint density at radius 1 is 1.30 bits per heavy atom. The molecule has 0 aliphatic rings. The van der Waals surface area contributed by atoms with E-state index in [9.17, 15) is 4.39 Å². The monoisotopic (exact) mass is 280 g/mol. The van der Waals surface area contributed by atoms with Gasteiger partial charge in [0.05, 0.1) is 0 Å². The third kappa shape index (κ3) is 4.81. The lowest BCUT2D eigenvalue weighted by Gasteiger charge is -2.29. The van der Waals surface area contributed by atoms with Crippen molar-refractivity contribution in [3.8, 4) is 0 Å². The van der Waals surface area contributed by atoms with Gasteiger partial charge in [-0.15, -0.1) is 0 Å². The lowest BCUT2D eigenvalue weighted by atomic mass is 10.1. The van der Waals surface area contributed by atoms with Gasteiger partial charge in [-0.05, 0) is 38.2 Å². The van der Waals surface area contributed by atoms with E-state index in [4.69, 9.17) is 11.1 Å². The smallest absolute Gasteiger partial charge is 0.125 e. The molecule has 0 saturated heterocycles. The summed E-state index contributed by atoms with van der Waals surface area (Å²) in [6.45, 7) is 6.83. The van der Waals surface area contributed by atoms with Crippen molar-refractivity contribution in [2.24, 2.45) is 11.7 Å². The second-order valence-electron chi connectivity index (χ2n) is 5.72. The van der Waals surface area contributed by atoms with Crippen LogP contribution in [0, 0.1) is 17.1 Å². The molecule has 1 rings (SSSR count). The molecule has 20 heavy (non-hydrogen) atoms. The van der Waals surface area contributed by atoms with Gasteiger partial charge in [-0.3, -0.25) is 5.41 Å². The molecule has 112 valence electrons. The molecular formula is C15H25FN4. The van der Waals surface area contributed by atoms with Crippen LogP contribution < -0.4 is 10.6 Å². The van der Waals surface area contributed by atoms with Gasteiger partial charge in [0.25, 0.3) is 0 Å². The Bertz CT molecular complexity index is 457. The molecule has 1 aromatic carbocycles. The predicted octanol–water partition coefficient (Wildman–Crippen LogP) is 2.13. The Balaban J connectivity index is 3.08. The molecule has 0 bridgehead atoms. The molecule has 0 aromatic heterocycles. The first-order valence-corrected chi connectivity index (χ1v) is 6.85. The second-order valence-corrected chi connectivity index (χ2v) is 5.72. The quantitative estimate of drug-likeness (QED) is 0.594. The second kappa shape index (κ2) is 7.24. The largest absolute Gasteiger partial charge is 0.384 e. The van der Waals surface area contributed by atoms with E-state index >= 15 is 0 Å². The van der Waals surface area contributed by atoms with Gasteiger partial charge in [-0.2, -0.15) is 0 Å². The first kappa shape index (κ1) is 16.4. The minimum atomic E-state index is -0.365. The molecule has 0 saturated carbocycles. The number of hydrogen-bond donors (Lipinski definition) is 2. The number of benzene rings is 1. The summed E-state index contributed by atoms with van der Waals surface area (Å²) in [6.07, 6.45) is 0. The van der Waals surface area contributed by atoms with Crippen LogP contribution in [0.5, 0.6) is 0 Å². The fourth-order valence-electron chi connectivity index (χ4n) is 2.07. The lowest BCUT2D eigenvalue weighted by molar-refractivity contribution is 0.409. The molecule has 5 heteroatoms. The van der Waals surface area contributed by atoms with Gasteiger partial charge < -0.3 is 15.5 Å². The summed E-state index contributed by atoms with van der Waals surface area (Å²) in [7, 11) is 4.04.